The zero-order chi connectivity index (χ0) is 14.9. The highest BCUT2D eigenvalue weighted by Gasteiger charge is 2.24. The van der Waals surface area contributed by atoms with Crippen molar-refractivity contribution >= 4 is 27.6 Å². The molecule has 0 saturated carbocycles. The Morgan fingerprint density at radius 1 is 1.40 bits per heavy atom. The first-order chi connectivity index (χ1) is 9.29. The Kier molecular flexibility index (Phi) is 3.36. The van der Waals surface area contributed by atoms with Gasteiger partial charge in [-0.25, -0.2) is 17.9 Å². The smallest absolute Gasteiger partial charge is 0.337 e. The number of carbonyl (C=O) groups is 1. The summed E-state index contributed by atoms with van der Waals surface area (Å²) in [5.41, 5.74) is 5.72. The lowest BCUT2D eigenvalue weighted by Gasteiger charge is -2.08. The van der Waals surface area contributed by atoms with Crippen LogP contribution >= 0.6 is 0 Å². The molecule has 2 aromatic rings. The number of anilines is 2. The molecule has 0 spiro atoms. The third kappa shape index (κ3) is 2.72. The number of carboxylic acid groups (broad SMARTS) is 1. The number of nitrogens with one attached hydrogen (secondary N) is 1. The van der Waals surface area contributed by atoms with Gasteiger partial charge in [0.05, 0.1) is 11.3 Å². The summed E-state index contributed by atoms with van der Waals surface area (Å²) in [5, 5.41) is 12.5. The molecule has 8 nitrogen and oxygen atoms in total. The Bertz CT molecular complexity index is 766. The Morgan fingerprint density at radius 2 is 2.10 bits per heavy atom. The molecule has 2 rings (SSSR count). The second kappa shape index (κ2) is 4.85. The summed E-state index contributed by atoms with van der Waals surface area (Å²) in [7, 11) is -4.14. The average molecular weight is 297 g/mol. The first-order valence-corrected chi connectivity index (χ1v) is 6.87. The van der Waals surface area contributed by atoms with Gasteiger partial charge >= 0.3 is 5.97 Å². The lowest BCUT2D eigenvalue weighted by atomic mass is 10.2. The van der Waals surface area contributed by atoms with Crippen molar-refractivity contribution in [3.8, 4) is 0 Å². The van der Waals surface area contributed by atoms with E-state index in [-0.39, 0.29) is 17.1 Å². The molecule has 0 radical (unpaired) electrons. The Morgan fingerprint density at radius 3 is 2.65 bits per heavy atom. The van der Waals surface area contributed by atoms with Gasteiger partial charge in [-0.1, -0.05) is 5.16 Å². The minimum Gasteiger partial charge on any atom is -0.478 e. The molecule has 0 saturated heterocycles. The highest BCUT2D eigenvalue weighted by Crippen LogP contribution is 2.22. The van der Waals surface area contributed by atoms with Gasteiger partial charge in [0.1, 0.15) is 4.90 Å². The van der Waals surface area contributed by atoms with Gasteiger partial charge in [-0.05, 0) is 25.1 Å². The normalized spacial score (nSPS) is 11.2. The molecule has 1 aromatic carbocycles. The monoisotopic (exact) mass is 297 g/mol. The molecular formula is C11H11N3O5S. The number of hydrogen-bond donors (Lipinski definition) is 3. The maximum Gasteiger partial charge on any atom is 0.337 e. The Balaban J connectivity index is 2.48. The first-order valence-electron chi connectivity index (χ1n) is 5.38. The molecule has 0 aliphatic heterocycles. The largest absolute Gasteiger partial charge is 0.478 e. The highest BCUT2D eigenvalue weighted by atomic mass is 32.2. The summed E-state index contributed by atoms with van der Waals surface area (Å²) >= 11 is 0. The number of nitrogen functional groups attached to an aromatic ring is 1. The van der Waals surface area contributed by atoms with E-state index < -0.39 is 20.9 Å². The summed E-state index contributed by atoms with van der Waals surface area (Å²) in [4.78, 5) is 10.6. The van der Waals surface area contributed by atoms with Crippen molar-refractivity contribution in [2.75, 3.05) is 10.5 Å². The van der Waals surface area contributed by atoms with Crippen LogP contribution < -0.4 is 10.5 Å². The fourth-order valence-corrected chi connectivity index (χ4v) is 2.74. The molecule has 9 heteroatoms. The van der Waals surface area contributed by atoms with Crippen LogP contribution in [-0.2, 0) is 10.0 Å². The number of nitrogens with zero attached hydrogens (tertiary/aromatic N) is 1. The number of aromatic carboxylic acids is 1. The van der Waals surface area contributed by atoms with Crippen LogP contribution in [-0.4, -0.2) is 24.7 Å². The quantitative estimate of drug-likeness (QED) is 0.718. The van der Waals surface area contributed by atoms with E-state index in [4.69, 9.17) is 15.4 Å². The van der Waals surface area contributed by atoms with Crippen molar-refractivity contribution in [1.82, 2.24) is 5.16 Å². The van der Waals surface area contributed by atoms with Gasteiger partial charge in [0.25, 0.3) is 10.0 Å². The molecule has 0 aliphatic carbocycles. The van der Waals surface area contributed by atoms with Crippen LogP contribution in [0.25, 0.3) is 0 Å². The van der Waals surface area contributed by atoms with E-state index in [1.54, 1.807) is 6.92 Å². The van der Waals surface area contributed by atoms with E-state index in [0.717, 1.165) is 12.1 Å². The van der Waals surface area contributed by atoms with Crippen molar-refractivity contribution in [3.05, 3.63) is 35.5 Å². The number of aryl methyl sites for hydroxylation is 1. The molecular weight excluding hydrogens is 286 g/mol. The van der Waals surface area contributed by atoms with E-state index >= 15 is 0 Å². The average Bonchev–Trinajstić information content (AvgIpc) is 2.73. The standard InChI is InChI=1S/C11H11N3O5S/c1-6-4-10(19-13-6)14-20(17,18)9-5-7(12)2-3-8(9)11(15)16/h2-5,14H,12H2,1H3,(H,15,16). The third-order valence-corrected chi connectivity index (χ3v) is 3.78. The van der Waals surface area contributed by atoms with E-state index in [1.165, 1.54) is 12.1 Å². The van der Waals surface area contributed by atoms with Crippen LogP contribution in [0, 0.1) is 6.92 Å². The number of sulfonamides is 1. The van der Waals surface area contributed by atoms with Crippen LogP contribution in [0.15, 0.2) is 33.7 Å². The molecule has 20 heavy (non-hydrogen) atoms. The Hall–Kier alpha value is -2.55. The van der Waals surface area contributed by atoms with E-state index in [0.29, 0.717) is 5.69 Å². The number of carboxylic acids is 1. The number of aromatic nitrogens is 1. The van der Waals surface area contributed by atoms with Crippen molar-refractivity contribution in [3.63, 3.8) is 0 Å². The fourth-order valence-electron chi connectivity index (χ4n) is 1.54. The predicted molar refractivity (Wildman–Crippen MR) is 69.9 cm³/mol. The number of nitrogens with two attached hydrogens (primary N) is 1. The van der Waals surface area contributed by atoms with Crippen LogP contribution in [0.4, 0.5) is 11.6 Å². The van der Waals surface area contributed by atoms with Gasteiger partial charge in [-0.2, -0.15) is 0 Å². The van der Waals surface area contributed by atoms with Gasteiger partial charge < -0.3 is 15.4 Å². The zero-order valence-electron chi connectivity index (χ0n) is 10.3. The fraction of sp³-hybridized carbons (Fsp3) is 0.0909. The minimum absolute atomic E-state index is 0.110. The molecule has 1 aromatic heterocycles. The predicted octanol–water partition coefficient (Wildman–Crippen LogP) is 1.06. The van der Waals surface area contributed by atoms with Gasteiger partial charge in [0, 0.05) is 11.8 Å². The lowest BCUT2D eigenvalue weighted by Crippen LogP contribution is -2.17. The van der Waals surface area contributed by atoms with Crippen molar-refractivity contribution in [1.29, 1.82) is 0 Å². The topological polar surface area (TPSA) is 136 Å². The molecule has 0 fully saturated rings. The molecule has 0 atom stereocenters. The van der Waals surface area contributed by atoms with Gasteiger partial charge in [-0.15, -0.1) is 0 Å². The van der Waals surface area contributed by atoms with E-state index in [1.807, 2.05) is 0 Å². The molecule has 0 unspecified atom stereocenters. The second-order valence-corrected chi connectivity index (χ2v) is 5.65. The van der Waals surface area contributed by atoms with Crippen molar-refractivity contribution < 1.29 is 22.8 Å². The second-order valence-electron chi connectivity index (χ2n) is 4.00. The third-order valence-electron chi connectivity index (χ3n) is 2.39. The molecule has 0 bridgehead atoms. The summed E-state index contributed by atoms with van der Waals surface area (Å²) in [6.45, 7) is 1.62. The maximum atomic E-state index is 12.2. The maximum absolute atomic E-state index is 12.2. The molecule has 1 heterocycles. The van der Waals surface area contributed by atoms with Crippen LogP contribution in [0.2, 0.25) is 0 Å². The lowest BCUT2D eigenvalue weighted by molar-refractivity contribution is 0.0692. The van der Waals surface area contributed by atoms with Crippen molar-refractivity contribution in [2.24, 2.45) is 0 Å². The van der Waals surface area contributed by atoms with Crippen LogP contribution in [0.1, 0.15) is 16.1 Å². The molecule has 106 valence electrons. The van der Waals surface area contributed by atoms with E-state index in [2.05, 4.69) is 9.88 Å². The number of rotatable bonds is 4. The summed E-state index contributed by atoms with van der Waals surface area (Å²) in [6, 6.07) is 4.86. The minimum atomic E-state index is -4.14. The number of benzene rings is 1. The molecule has 4 N–H and O–H groups in total. The number of hydrogen-bond acceptors (Lipinski definition) is 6. The van der Waals surface area contributed by atoms with Crippen LogP contribution in [0.3, 0.4) is 0 Å². The van der Waals surface area contributed by atoms with Gasteiger partial charge in [0.15, 0.2) is 0 Å². The van der Waals surface area contributed by atoms with Gasteiger partial charge in [-0.3, -0.25) is 0 Å². The highest BCUT2D eigenvalue weighted by molar-refractivity contribution is 7.92. The van der Waals surface area contributed by atoms with Crippen LogP contribution in [0.5, 0.6) is 0 Å². The van der Waals surface area contributed by atoms with E-state index in [9.17, 15) is 13.2 Å². The Labute approximate surface area is 114 Å². The zero-order valence-corrected chi connectivity index (χ0v) is 11.1. The SMILES string of the molecule is Cc1cc(NS(=O)(=O)c2cc(N)ccc2C(=O)O)on1. The summed E-state index contributed by atoms with van der Waals surface area (Å²) < 4.78 is 31.2. The van der Waals surface area contributed by atoms with Crippen molar-refractivity contribution in [2.45, 2.75) is 11.8 Å². The first kappa shape index (κ1) is 13.9. The van der Waals surface area contributed by atoms with Gasteiger partial charge in [0.2, 0.25) is 5.88 Å². The molecule has 0 aliphatic rings. The molecule has 0 amide bonds. The summed E-state index contributed by atoms with van der Waals surface area (Å²) in [6.07, 6.45) is 0. The summed E-state index contributed by atoms with van der Waals surface area (Å²) in [5.74, 6) is -1.49.